The number of carbonyl (C=O) groups excluding carboxylic acids is 3. The molecule has 470 valence electrons. The maximum Gasteiger partial charge on any atom is 0.306 e. The van der Waals surface area contributed by atoms with Crippen LogP contribution in [0.3, 0.4) is 0 Å². The van der Waals surface area contributed by atoms with Crippen LogP contribution in [0.15, 0.2) is 146 Å². The summed E-state index contributed by atoms with van der Waals surface area (Å²) < 4.78 is 16.9. The van der Waals surface area contributed by atoms with Crippen molar-refractivity contribution in [2.24, 2.45) is 0 Å². The number of carbonyl (C=O) groups is 3. The van der Waals surface area contributed by atoms with Crippen molar-refractivity contribution in [3.8, 4) is 0 Å². The summed E-state index contributed by atoms with van der Waals surface area (Å²) in [4.78, 5) is 38.4. The fourth-order valence-corrected chi connectivity index (χ4v) is 9.26. The summed E-state index contributed by atoms with van der Waals surface area (Å²) in [5, 5.41) is 0. The molecule has 0 aromatic heterocycles. The molecule has 1 atom stereocenters. The number of ether oxygens (including phenoxy) is 3. The van der Waals surface area contributed by atoms with Gasteiger partial charge in [-0.2, -0.15) is 0 Å². The van der Waals surface area contributed by atoms with Gasteiger partial charge in [0, 0.05) is 19.3 Å². The van der Waals surface area contributed by atoms with Crippen molar-refractivity contribution in [2.45, 2.75) is 309 Å². The summed E-state index contributed by atoms with van der Waals surface area (Å²) in [5.41, 5.74) is 0. The molecule has 6 nitrogen and oxygen atoms in total. The predicted octanol–water partition coefficient (Wildman–Crippen LogP) is 23.9. The van der Waals surface area contributed by atoms with Crippen LogP contribution in [0.5, 0.6) is 0 Å². The van der Waals surface area contributed by atoms with E-state index < -0.39 is 12.1 Å². The molecule has 0 saturated heterocycles. The Bertz CT molecular complexity index is 1800. The summed E-state index contributed by atoms with van der Waals surface area (Å²) in [7, 11) is 0. The third kappa shape index (κ3) is 68.0. The molecule has 0 spiro atoms. The predicted molar refractivity (Wildman–Crippen MR) is 362 cm³/mol. The van der Waals surface area contributed by atoms with Gasteiger partial charge in [-0.05, 0) is 128 Å². The van der Waals surface area contributed by atoms with Crippen molar-refractivity contribution in [3.05, 3.63) is 146 Å². The Balaban J connectivity index is 4.45. The van der Waals surface area contributed by atoms with Crippen LogP contribution in [0.25, 0.3) is 0 Å². The van der Waals surface area contributed by atoms with E-state index >= 15 is 0 Å². The van der Waals surface area contributed by atoms with Crippen molar-refractivity contribution < 1.29 is 28.6 Å². The van der Waals surface area contributed by atoms with Crippen molar-refractivity contribution >= 4 is 17.9 Å². The molecule has 0 aromatic rings. The van der Waals surface area contributed by atoms with Crippen LogP contribution in [0.2, 0.25) is 0 Å². The molecule has 83 heavy (non-hydrogen) atoms. The molecule has 0 rings (SSSR count). The van der Waals surface area contributed by atoms with Gasteiger partial charge in [-0.1, -0.05) is 301 Å². The zero-order chi connectivity index (χ0) is 59.9. The topological polar surface area (TPSA) is 78.9 Å². The largest absolute Gasteiger partial charge is 0.462 e. The second-order valence-electron chi connectivity index (χ2n) is 22.3. The van der Waals surface area contributed by atoms with Gasteiger partial charge >= 0.3 is 17.9 Å². The highest BCUT2D eigenvalue weighted by Gasteiger charge is 2.19. The molecule has 0 aliphatic rings. The first-order valence-corrected chi connectivity index (χ1v) is 34.3. The van der Waals surface area contributed by atoms with Crippen molar-refractivity contribution in [1.29, 1.82) is 0 Å². The number of hydrogen-bond acceptors (Lipinski definition) is 6. The summed E-state index contributed by atoms with van der Waals surface area (Å²) in [6, 6.07) is 0. The van der Waals surface area contributed by atoms with Crippen molar-refractivity contribution in [2.75, 3.05) is 13.2 Å². The van der Waals surface area contributed by atoms with Gasteiger partial charge in [-0.15, -0.1) is 0 Å². The molecule has 6 heteroatoms. The Kier molecular flexibility index (Phi) is 65.8. The average Bonchev–Trinajstić information content (AvgIpc) is 3.50. The average molecular weight is 1150 g/mol. The zero-order valence-corrected chi connectivity index (χ0v) is 53.9. The van der Waals surface area contributed by atoms with Crippen LogP contribution < -0.4 is 0 Å². The Labute approximate surface area is 512 Å². The first-order chi connectivity index (χ1) is 41.0. The molecule has 0 aliphatic heterocycles. The van der Waals surface area contributed by atoms with Crippen molar-refractivity contribution in [1.82, 2.24) is 0 Å². The fraction of sp³-hybridized carbons (Fsp3) is 0.649. The van der Waals surface area contributed by atoms with E-state index in [0.29, 0.717) is 19.3 Å². The lowest BCUT2D eigenvalue weighted by atomic mass is 10.0. The lowest BCUT2D eigenvalue weighted by Gasteiger charge is -2.18. The minimum absolute atomic E-state index is 0.113. The molecule has 0 fully saturated rings. The second-order valence-corrected chi connectivity index (χ2v) is 22.3. The van der Waals surface area contributed by atoms with E-state index in [9.17, 15) is 14.4 Å². The normalized spacial score (nSPS) is 13.0. The van der Waals surface area contributed by atoms with Gasteiger partial charge in [0.2, 0.25) is 0 Å². The van der Waals surface area contributed by atoms with Crippen LogP contribution in [0.1, 0.15) is 303 Å². The number of allylic oxidation sites excluding steroid dienone is 24. The van der Waals surface area contributed by atoms with Gasteiger partial charge in [-0.3, -0.25) is 14.4 Å². The van der Waals surface area contributed by atoms with Crippen LogP contribution in [0, 0.1) is 0 Å². The van der Waals surface area contributed by atoms with Gasteiger partial charge in [0.15, 0.2) is 6.10 Å². The first kappa shape index (κ1) is 78.3. The summed E-state index contributed by atoms with van der Waals surface area (Å²) >= 11 is 0. The van der Waals surface area contributed by atoms with E-state index in [-0.39, 0.29) is 31.6 Å². The molecular formula is C77H126O6. The van der Waals surface area contributed by atoms with E-state index in [4.69, 9.17) is 14.2 Å². The molecule has 0 amide bonds. The third-order valence-electron chi connectivity index (χ3n) is 14.3. The molecular weight excluding hydrogens is 1020 g/mol. The highest BCUT2D eigenvalue weighted by Crippen LogP contribution is 2.16. The van der Waals surface area contributed by atoms with Gasteiger partial charge in [0.1, 0.15) is 13.2 Å². The Morgan fingerprint density at radius 3 is 0.795 bits per heavy atom. The number of esters is 3. The lowest BCUT2D eigenvalue weighted by Crippen LogP contribution is -2.30. The molecule has 0 aromatic carbocycles. The van der Waals surface area contributed by atoms with Gasteiger partial charge in [0.25, 0.3) is 0 Å². The minimum atomic E-state index is -0.828. The second kappa shape index (κ2) is 69.8. The molecule has 0 saturated carbocycles. The van der Waals surface area contributed by atoms with E-state index in [0.717, 1.165) is 109 Å². The smallest absolute Gasteiger partial charge is 0.306 e. The molecule has 0 heterocycles. The Morgan fingerprint density at radius 1 is 0.253 bits per heavy atom. The standard InChI is InChI=1S/C77H126O6/c1-4-7-10-13-16-19-22-25-28-31-34-35-36-37-38-39-40-41-44-46-49-52-55-58-61-64-67-70-76(79)82-73-74(83-77(80)71-68-65-62-59-56-53-50-47-43-33-30-27-24-21-18-15-12-9-6-3)72-81-75(78)69-66-63-60-57-54-51-48-45-42-32-29-26-23-20-17-14-11-8-5-2/h7,9-10,12,16,18-19,21,25-30,34-35,37-38,43,47,53,56,62,65,74H,4-6,8,11,13-15,17,20,22-24,31-33,36,39-42,44-46,48-52,54-55,57-61,63-64,66-73H2,1-3H3/b10-7-,12-9-,19-16-,21-18-,28-25-,29-26-,30-27-,35-34-,38-37-,47-43-,56-53-,65-62-. The van der Waals surface area contributed by atoms with Gasteiger partial charge < -0.3 is 14.2 Å². The van der Waals surface area contributed by atoms with Crippen LogP contribution in [-0.2, 0) is 28.6 Å². The van der Waals surface area contributed by atoms with Crippen molar-refractivity contribution in [3.63, 3.8) is 0 Å². The summed E-state index contributed by atoms with van der Waals surface area (Å²) in [6.07, 6.45) is 100. The van der Waals surface area contributed by atoms with E-state index in [1.807, 2.05) is 6.08 Å². The maximum absolute atomic E-state index is 12.9. The Hall–Kier alpha value is -4.71. The summed E-state index contributed by atoms with van der Waals surface area (Å²) in [6.45, 7) is 6.36. The Morgan fingerprint density at radius 2 is 0.494 bits per heavy atom. The van der Waals surface area contributed by atoms with Crippen LogP contribution >= 0.6 is 0 Å². The molecule has 1 unspecified atom stereocenters. The first-order valence-electron chi connectivity index (χ1n) is 34.3. The highest BCUT2D eigenvalue weighted by molar-refractivity contribution is 5.71. The zero-order valence-electron chi connectivity index (χ0n) is 53.9. The fourth-order valence-electron chi connectivity index (χ4n) is 9.26. The quantitative estimate of drug-likeness (QED) is 0.0261. The van der Waals surface area contributed by atoms with E-state index in [1.54, 1.807) is 0 Å². The summed E-state index contributed by atoms with van der Waals surface area (Å²) in [5.74, 6) is -0.998. The number of rotatable bonds is 61. The third-order valence-corrected chi connectivity index (χ3v) is 14.3. The highest BCUT2D eigenvalue weighted by atomic mass is 16.6. The van der Waals surface area contributed by atoms with Crippen LogP contribution in [-0.4, -0.2) is 37.2 Å². The minimum Gasteiger partial charge on any atom is -0.462 e. The maximum atomic E-state index is 12.9. The SMILES string of the molecule is CC/C=C\C/C=C\C/C=C\C/C=C\C/C=C\C/C=C\CCC(=O)OC(COC(=O)CCCCCCCCCCC/C=C\CCCCCCCC)COC(=O)CCCCCCCCCCCCC/C=C\C/C=C\C/C=C\C/C=C\C/C=C\CC. The van der Waals surface area contributed by atoms with E-state index in [1.165, 1.54) is 148 Å². The van der Waals surface area contributed by atoms with Crippen LogP contribution in [0.4, 0.5) is 0 Å². The van der Waals surface area contributed by atoms with E-state index in [2.05, 4.69) is 161 Å². The number of unbranched alkanes of at least 4 members (excludes halogenated alkanes) is 26. The molecule has 0 radical (unpaired) electrons. The van der Waals surface area contributed by atoms with Gasteiger partial charge in [0.05, 0.1) is 0 Å². The number of hydrogen-bond donors (Lipinski definition) is 0. The monoisotopic (exact) mass is 1150 g/mol. The molecule has 0 N–H and O–H groups in total. The van der Waals surface area contributed by atoms with Gasteiger partial charge in [-0.25, -0.2) is 0 Å². The molecule has 0 bridgehead atoms. The lowest BCUT2D eigenvalue weighted by molar-refractivity contribution is -0.166. The molecule has 0 aliphatic carbocycles.